The van der Waals surface area contributed by atoms with Gasteiger partial charge in [-0.2, -0.15) is 5.10 Å². The van der Waals surface area contributed by atoms with Crippen LogP contribution in [0.5, 0.6) is 0 Å². The van der Waals surface area contributed by atoms with Gasteiger partial charge < -0.3 is 5.32 Å². The van der Waals surface area contributed by atoms with Gasteiger partial charge in [0.25, 0.3) is 0 Å². The van der Waals surface area contributed by atoms with Crippen LogP contribution in [-0.4, -0.2) is 38.1 Å². The fourth-order valence-corrected chi connectivity index (χ4v) is 2.84. The number of carbonyl (C=O) groups excluding carboxylic acids is 2. The van der Waals surface area contributed by atoms with E-state index < -0.39 is 0 Å². The van der Waals surface area contributed by atoms with Crippen molar-refractivity contribution in [1.82, 2.24) is 25.0 Å². The number of imide groups is 1. The van der Waals surface area contributed by atoms with Gasteiger partial charge in [0.05, 0.1) is 18.8 Å². The predicted molar refractivity (Wildman–Crippen MR) is 93.3 cm³/mol. The van der Waals surface area contributed by atoms with Crippen LogP contribution in [0.4, 0.5) is 4.79 Å². The third kappa shape index (κ3) is 3.55. The van der Waals surface area contributed by atoms with E-state index >= 15 is 0 Å². The van der Waals surface area contributed by atoms with Gasteiger partial charge in [-0.25, -0.2) is 14.5 Å². The van der Waals surface area contributed by atoms with Crippen LogP contribution in [0.1, 0.15) is 36.6 Å². The summed E-state index contributed by atoms with van der Waals surface area (Å²) < 4.78 is 1.76. The molecule has 25 heavy (non-hydrogen) atoms. The van der Waals surface area contributed by atoms with Crippen LogP contribution in [0.2, 0.25) is 0 Å². The van der Waals surface area contributed by atoms with E-state index in [1.54, 1.807) is 4.68 Å². The molecule has 2 aromatic rings. The van der Waals surface area contributed by atoms with Gasteiger partial charge in [-0.15, -0.1) is 0 Å². The summed E-state index contributed by atoms with van der Waals surface area (Å²) in [5.74, 6) is 1.48. The molecule has 7 nitrogen and oxygen atoms in total. The Morgan fingerprint density at radius 2 is 2.00 bits per heavy atom. The molecular weight excluding hydrogens is 318 g/mol. The first-order valence-electron chi connectivity index (χ1n) is 8.45. The first-order chi connectivity index (χ1) is 11.8. The van der Waals surface area contributed by atoms with Gasteiger partial charge in [0.2, 0.25) is 5.91 Å². The minimum absolute atomic E-state index is 0.0370. The normalized spacial score (nSPS) is 14.5. The van der Waals surface area contributed by atoms with Crippen molar-refractivity contribution in [2.45, 2.75) is 40.7 Å². The van der Waals surface area contributed by atoms with Gasteiger partial charge in [0.1, 0.15) is 0 Å². The number of nitrogens with one attached hydrogen (secondary N) is 1. The largest absolute Gasteiger partial charge is 0.329 e. The van der Waals surface area contributed by atoms with E-state index in [0.717, 1.165) is 29.1 Å². The van der Waals surface area contributed by atoms with E-state index in [4.69, 9.17) is 0 Å². The van der Waals surface area contributed by atoms with Crippen molar-refractivity contribution in [3.63, 3.8) is 0 Å². The molecule has 1 aliphatic heterocycles. The minimum Gasteiger partial charge on any atom is -0.329 e. The third-order valence-corrected chi connectivity index (χ3v) is 4.14. The summed E-state index contributed by atoms with van der Waals surface area (Å²) in [6.45, 7) is 8.39. The highest BCUT2D eigenvalue weighted by Crippen LogP contribution is 2.19. The van der Waals surface area contributed by atoms with Gasteiger partial charge in [-0.05, 0) is 37.0 Å². The van der Waals surface area contributed by atoms with Crippen LogP contribution in [0.15, 0.2) is 18.2 Å². The van der Waals surface area contributed by atoms with Gasteiger partial charge in [0, 0.05) is 6.42 Å². The molecule has 0 aliphatic carbocycles. The molecule has 1 N–H and O–H groups in total. The van der Waals surface area contributed by atoms with E-state index in [1.165, 1.54) is 4.90 Å². The Morgan fingerprint density at radius 3 is 2.64 bits per heavy atom. The molecule has 0 unspecified atom stereocenters. The Kier molecular flexibility index (Phi) is 4.57. The highest BCUT2D eigenvalue weighted by molar-refractivity contribution is 6.01. The van der Waals surface area contributed by atoms with Crippen molar-refractivity contribution >= 4 is 11.9 Å². The average Bonchev–Trinajstić information content (AvgIpc) is 3.07. The van der Waals surface area contributed by atoms with Crippen molar-refractivity contribution in [3.05, 3.63) is 41.0 Å². The minimum atomic E-state index is -0.383. The lowest BCUT2D eigenvalue weighted by Gasteiger charge is -2.14. The van der Waals surface area contributed by atoms with Crippen LogP contribution < -0.4 is 5.32 Å². The Bertz CT molecular complexity index is 809. The van der Waals surface area contributed by atoms with Crippen LogP contribution in [0.3, 0.4) is 0 Å². The Hall–Kier alpha value is -2.70. The lowest BCUT2D eigenvalue weighted by molar-refractivity contribution is -0.125. The molecule has 7 heteroatoms. The van der Waals surface area contributed by atoms with Gasteiger partial charge in [-0.1, -0.05) is 26.0 Å². The maximum Gasteiger partial charge on any atom is 0.325 e. The van der Waals surface area contributed by atoms with Crippen molar-refractivity contribution in [3.8, 4) is 5.69 Å². The summed E-state index contributed by atoms with van der Waals surface area (Å²) in [5, 5.41) is 7.19. The Morgan fingerprint density at radius 1 is 1.24 bits per heavy atom. The number of hydrogen-bond acceptors (Lipinski definition) is 4. The number of benzene rings is 1. The molecule has 1 aromatic carbocycles. The lowest BCUT2D eigenvalue weighted by atomic mass is 10.1. The van der Waals surface area contributed by atoms with Gasteiger partial charge in [-0.3, -0.25) is 9.69 Å². The molecule has 0 radical (unpaired) electrons. The van der Waals surface area contributed by atoms with Crippen LogP contribution in [0.25, 0.3) is 5.69 Å². The maximum atomic E-state index is 11.9. The Balaban J connectivity index is 2.03. The summed E-state index contributed by atoms with van der Waals surface area (Å²) in [5.41, 5.74) is 3.09. The Labute approximate surface area is 147 Å². The third-order valence-electron chi connectivity index (χ3n) is 4.14. The molecule has 1 saturated heterocycles. The molecule has 1 aliphatic rings. The van der Waals surface area contributed by atoms with Crippen molar-refractivity contribution in [2.24, 2.45) is 5.92 Å². The highest BCUT2D eigenvalue weighted by Gasteiger charge is 2.30. The summed E-state index contributed by atoms with van der Waals surface area (Å²) in [4.78, 5) is 29.6. The second-order valence-electron chi connectivity index (χ2n) is 6.88. The summed E-state index contributed by atoms with van der Waals surface area (Å²) >= 11 is 0. The molecule has 132 valence electrons. The second kappa shape index (κ2) is 6.66. The van der Waals surface area contributed by atoms with Gasteiger partial charge in [0.15, 0.2) is 11.6 Å². The fourth-order valence-electron chi connectivity index (χ4n) is 2.84. The topological polar surface area (TPSA) is 80.1 Å². The smallest absolute Gasteiger partial charge is 0.325 e. The molecule has 0 bridgehead atoms. The number of nitrogens with zero attached hydrogens (tertiary/aromatic N) is 4. The van der Waals surface area contributed by atoms with E-state index in [1.807, 2.05) is 32.0 Å². The number of carbonyl (C=O) groups is 2. The van der Waals surface area contributed by atoms with Crippen molar-refractivity contribution in [1.29, 1.82) is 0 Å². The zero-order valence-corrected chi connectivity index (χ0v) is 15.0. The number of amides is 3. The SMILES string of the molecule is Cc1ccc(C)c(-n2nc(CC(C)C)nc2CN2C(=O)CNC2=O)c1. The van der Waals surface area contributed by atoms with E-state index in [9.17, 15) is 9.59 Å². The van der Waals surface area contributed by atoms with E-state index in [2.05, 4.69) is 29.2 Å². The predicted octanol–water partition coefficient (Wildman–Crippen LogP) is 2.13. The monoisotopic (exact) mass is 341 g/mol. The van der Waals surface area contributed by atoms with E-state index in [0.29, 0.717) is 11.7 Å². The second-order valence-corrected chi connectivity index (χ2v) is 6.88. The molecule has 1 aromatic heterocycles. The molecule has 0 saturated carbocycles. The summed E-state index contributed by atoms with van der Waals surface area (Å²) in [7, 11) is 0. The van der Waals surface area contributed by atoms with Crippen LogP contribution in [0, 0.1) is 19.8 Å². The molecule has 3 amide bonds. The van der Waals surface area contributed by atoms with Crippen molar-refractivity contribution < 1.29 is 9.59 Å². The number of rotatable bonds is 5. The fraction of sp³-hybridized carbons (Fsp3) is 0.444. The zero-order chi connectivity index (χ0) is 18.1. The number of aryl methyl sites for hydroxylation is 2. The molecule has 0 spiro atoms. The van der Waals surface area contributed by atoms with Crippen LogP contribution >= 0.6 is 0 Å². The molecule has 0 atom stereocenters. The summed E-state index contributed by atoms with van der Waals surface area (Å²) in [6, 6.07) is 5.73. The van der Waals surface area contributed by atoms with Gasteiger partial charge >= 0.3 is 6.03 Å². The number of hydrogen-bond donors (Lipinski definition) is 1. The average molecular weight is 341 g/mol. The molecular formula is C18H23N5O2. The first-order valence-corrected chi connectivity index (χ1v) is 8.45. The standard InChI is InChI=1S/C18H23N5O2/c1-11(2)7-15-20-16(10-22-17(24)9-19-18(22)25)23(21-15)14-8-12(3)5-6-13(14)4/h5-6,8,11H,7,9-10H2,1-4H3,(H,19,25). The number of aromatic nitrogens is 3. The van der Waals surface area contributed by atoms with Crippen LogP contribution in [-0.2, 0) is 17.8 Å². The summed E-state index contributed by atoms with van der Waals surface area (Å²) in [6.07, 6.45) is 0.741. The maximum absolute atomic E-state index is 11.9. The zero-order valence-electron chi connectivity index (χ0n) is 15.0. The number of urea groups is 1. The van der Waals surface area contributed by atoms with Crippen molar-refractivity contribution in [2.75, 3.05) is 6.54 Å². The molecule has 3 rings (SSSR count). The molecule has 2 heterocycles. The molecule has 1 fully saturated rings. The van der Waals surface area contributed by atoms with E-state index in [-0.39, 0.29) is 25.0 Å². The first kappa shape index (κ1) is 17.1. The highest BCUT2D eigenvalue weighted by atomic mass is 16.2. The lowest BCUT2D eigenvalue weighted by Crippen LogP contribution is -2.31. The quantitative estimate of drug-likeness (QED) is 0.845.